The minimum atomic E-state index is -3.58. The summed E-state index contributed by atoms with van der Waals surface area (Å²) < 4.78 is 37.4. The number of nitrogens with zero attached hydrogens (tertiary/aromatic N) is 1. The van der Waals surface area contributed by atoms with Gasteiger partial charge in [0, 0.05) is 13.1 Å². The average Bonchev–Trinajstić information content (AvgIpc) is 2.78. The first-order valence-corrected chi connectivity index (χ1v) is 10.8. The number of carbonyl (C=O) groups excluding carboxylic acids is 1. The zero-order valence-corrected chi connectivity index (χ0v) is 16.6. The molecule has 0 aromatic heterocycles. The number of rotatable bonds is 5. The van der Waals surface area contributed by atoms with Crippen LogP contribution in [0.2, 0.25) is 0 Å². The molecule has 0 atom stereocenters. The number of sulfonamides is 1. The number of hydrogen-bond acceptors (Lipinski definition) is 5. The van der Waals surface area contributed by atoms with Crippen LogP contribution in [0, 0.1) is 0 Å². The molecular weight excluding hydrogens is 390 g/mol. The van der Waals surface area contributed by atoms with Crippen LogP contribution in [0.5, 0.6) is 0 Å². The van der Waals surface area contributed by atoms with Crippen LogP contribution >= 0.6 is 0 Å². The standard InChI is InChI=1S/C22H21NO5S/c24-22(28-16-19-6-3-5-17-4-1-2-7-21(17)19)18-8-10-20(11-9-18)29(25,26)23-12-14-27-15-13-23/h1-11H,12-16H2. The van der Waals surface area contributed by atoms with Crippen LogP contribution in [0.3, 0.4) is 0 Å². The van der Waals surface area contributed by atoms with Crippen LogP contribution < -0.4 is 0 Å². The molecule has 29 heavy (non-hydrogen) atoms. The van der Waals surface area contributed by atoms with Gasteiger partial charge in [0.15, 0.2) is 0 Å². The summed E-state index contributed by atoms with van der Waals surface area (Å²) >= 11 is 0. The average molecular weight is 411 g/mol. The Kier molecular flexibility index (Phi) is 5.62. The maximum absolute atomic E-state index is 12.7. The number of ether oxygens (including phenoxy) is 2. The van der Waals surface area contributed by atoms with Gasteiger partial charge in [-0.05, 0) is 40.6 Å². The Hall–Kier alpha value is -2.74. The van der Waals surface area contributed by atoms with Gasteiger partial charge in [-0.2, -0.15) is 4.31 Å². The smallest absolute Gasteiger partial charge is 0.338 e. The predicted molar refractivity (Wildman–Crippen MR) is 109 cm³/mol. The normalized spacial score (nSPS) is 15.3. The van der Waals surface area contributed by atoms with E-state index >= 15 is 0 Å². The second kappa shape index (κ2) is 8.32. The molecule has 0 bridgehead atoms. The van der Waals surface area contributed by atoms with E-state index in [1.807, 2.05) is 42.5 Å². The number of carbonyl (C=O) groups is 1. The lowest BCUT2D eigenvalue weighted by Crippen LogP contribution is -2.40. The van der Waals surface area contributed by atoms with Gasteiger partial charge in [0.05, 0.1) is 23.7 Å². The number of benzene rings is 3. The van der Waals surface area contributed by atoms with E-state index in [1.165, 1.54) is 28.6 Å². The zero-order valence-electron chi connectivity index (χ0n) is 15.8. The van der Waals surface area contributed by atoms with Crippen LogP contribution in [-0.2, 0) is 26.1 Å². The van der Waals surface area contributed by atoms with Gasteiger partial charge in [0.2, 0.25) is 10.0 Å². The van der Waals surface area contributed by atoms with Crippen molar-refractivity contribution in [3.05, 3.63) is 77.9 Å². The molecule has 0 unspecified atom stereocenters. The van der Waals surface area contributed by atoms with Gasteiger partial charge < -0.3 is 9.47 Å². The Bertz CT molecular complexity index is 1110. The molecule has 0 aliphatic carbocycles. The van der Waals surface area contributed by atoms with E-state index in [-0.39, 0.29) is 11.5 Å². The van der Waals surface area contributed by atoms with Crippen LogP contribution in [0.1, 0.15) is 15.9 Å². The molecule has 150 valence electrons. The monoisotopic (exact) mass is 411 g/mol. The Balaban J connectivity index is 1.45. The molecule has 0 radical (unpaired) electrons. The first-order valence-electron chi connectivity index (χ1n) is 9.37. The number of morpholine rings is 1. The van der Waals surface area contributed by atoms with E-state index in [2.05, 4.69) is 0 Å². The van der Waals surface area contributed by atoms with Gasteiger partial charge in [0.25, 0.3) is 0 Å². The fourth-order valence-corrected chi connectivity index (χ4v) is 4.75. The van der Waals surface area contributed by atoms with Crippen molar-refractivity contribution >= 4 is 26.8 Å². The third-order valence-corrected chi connectivity index (χ3v) is 6.85. The van der Waals surface area contributed by atoms with Crippen molar-refractivity contribution in [2.75, 3.05) is 26.3 Å². The summed E-state index contributed by atoms with van der Waals surface area (Å²) in [7, 11) is -3.58. The summed E-state index contributed by atoms with van der Waals surface area (Å²) in [4.78, 5) is 12.6. The highest BCUT2D eigenvalue weighted by Gasteiger charge is 2.26. The molecule has 6 nitrogen and oxygen atoms in total. The van der Waals surface area contributed by atoms with Gasteiger partial charge >= 0.3 is 5.97 Å². The first-order chi connectivity index (χ1) is 14.1. The summed E-state index contributed by atoms with van der Waals surface area (Å²) in [5, 5.41) is 2.12. The van der Waals surface area contributed by atoms with E-state index < -0.39 is 16.0 Å². The summed E-state index contributed by atoms with van der Waals surface area (Å²) in [6, 6.07) is 19.6. The van der Waals surface area contributed by atoms with Crippen molar-refractivity contribution in [2.24, 2.45) is 0 Å². The highest BCUT2D eigenvalue weighted by molar-refractivity contribution is 7.89. The molecular formula is C22H21NO5S. The van der Waals surface area contributed by atoms with Gasteiger partial charge in [0.1, 0.15) is 6.61 Å². The molecule has 0 spiro atoms. The van der Waals surface area contributed by atoms with E-state index in [1.54, 1.807) is 0 Å². The van der Waals surface area contributed by atoms with Crippen molar-refractivity contribution in [3.8, 4) is 0 Å². The highest BCUT2D eigenvalue weighted by Crippen LogP contribution is 2.21. The molecule has 1 aliphatic heterocycles. The van der Waals surface area contributed by atoms with Gasteiger partial charge in [-0.3, -0.25) is 0 Å². The highest BCUT2D eigenvalue weighted by atomic mass is 32.2. The lowest BCUT2D eigenvalue weighted by molar-refractivity contribution is 0.0474. The second-order valence-electron chi connectivity index (χ2n) is 6.76. The topological polar surface area (TPSA) is 72.9 Å². The lowest BCUT2D eigenvalue weighted by Gasteiger charge is -2.26. The molecule has 1 fully saturated rings. The van der Waals surface area contributed by atoms with Gasteiger partial charge in [-0.15, -0.1) is 0 Å². The van der Waals surface area contributed by atoms with Crippen LogP contribution in [-0.4, -0.2) is 45.0 Å². The van der Waals surface area contributed by atoms with Gasteiger partial charge in [-0.1, -0.05) is 42.5 Å². The molecule has 1 aliphatic rings. The van der Waals surface area contributed by atoms with Crippen molar-refractivity contribution in [1.82, 2.24) is 4.31 Å². The summed E-state index contributed by atoms with van der Waals surface area (Å²) in [6.07, 6.45) is 0. The number of hydrogen-bond donors (Lipinski definition) is 0. The largest absolute Gasteiger partial charge is 0.457 e. The summed E-state index contributed by atoms with van der Waals surface area (Å²) in [5.74, 6) is -0.492. The molecule has 7 heteroatoms. The SMILES string of the molecule is O=C(OCc1cccc2ccccc12)c1ccc(S(=O)(=O)N2CCOCC2)cc1. The second-order valence-corrected chi connectivity index (χ2v) is 8.69. The van der Waals surface area contributed by atoms with Crippen LogP contribution in [0.25, 0.3) is 10.8 Å². The molecule has 1 heterocycles. The first kappa shape index (κ1) is 19.6. The Morgan fingerprint density at radius 3 is 2.38 bits per heavy atom. The molecule has 3 aromatic rings. The maximum Gasteiger partial charge on any atom is 0.338 e. The van der Waals surface area contributed by atoms with Crippen molar-refractivity contribution in [1.29, 1.82) is 0 Å². The fourth-order valence-electron chi connectivity index (χ4n) is 3.34. The number of fused-ring (bicyclic) bond motifs is 1. The quantitative estimate of drug-likeness (QED) is 0.603. The van der Waals surface area contributed by atoms with E-state index in [9.17, 15) is 13.2 Å². The van der Waals surface area contributed by atoms with Crippen LogP contribution in [0.15, 0.2) is 71.6 Å². The molecule has 3 aromatic carbocycles. The fraction of sp³-hybridized carbons (Fsp3) is 0.227. The Morgan fingerprint density at radius 1 is 0.931 bits per heavy atom. The van der Waals surface area contributed by atoms with Crippen LogP contribution in [0.4, 0.5) is 0 Å². The lowest BCUT2D eigenvalue weighted by atomic mass is 10.1. The molecule has 0 amide bonds. The van der Waals surface area contributed by atoms with E-state index in [4.69, 9.17) is 9.47 Å². The maximum atomic E-state index is 12.7. The van der Waals surface area contributed by atoms with Gasteiger partial charge in [-0.25, -0.2) is 13.2 Å². The third-order valence-electron chi connectivity index (χ3n) is 4.94. The van der Waals surface area contributed by atoms with Crippen molar-refractivity contribution < 1.29 is 22.7 Å². The Morgan fingerprint density at radius 2 is 1.62 bits per heavy atom. The summed E-state index contributed by atoms with van der Waals surface area (Å²) in [5.41, 5.74) is 1.23. The molecule has 1 saturated heterocycles. The molecule has 4 rings (SSSR count). The molecule has 0 N–H and O–H groups in total. The van der Waals surface area contributed by atoms with E-state index in [0.29, 0.717) is 31.9 Å². The summed E-state index contributed by atoms with van der Waals surface area (Å²) in [6.45, 7) is 1.58. The van der Waals surface area contributed by atoms with E-state index in [0.717, 1.165) is 16.3 Å². The van der Waals surface area contributed by atoms with Crippen molar-refractivity contribution in [3.63, 3.8) is 0 Å². The minimum Gasteiger partial charge on any atom is -0.457 e. The third kappa shape index (κ3) is 4.17. The molecule has 0 saturated carbocycles. The minimum absolute atomic E-state index is 0.147. The Labute approximate surface area is 169 Å². The number of esters is 1. The zero-order chi connectivity index (χ0) is 20.3. The van der Waals surface area contributed by atoms with Crippen molar-refractivity contribution in [2.45, 2.75) is 11.5 Å². The predicted octanol–water partition coefficient (Wildman–Crippen LogP) is 3.22.